The van der Waals surface area contributed by atoms with Crippen molar-refractivity contribution in [1.29, 1.82) is 0 Å². The van der Waals surface area contributed by atoms with Gasteiger partial charge in [0.1, 0.15) is 6.54 Å². The third-order valence-corrected chi connectivity index (χ3v) is 4.85. The molecule has 1 rings (SSSR count). The Labute approximate surface area is 154 Å². The van der Waals surface area contributed by atoms with Crippen molar-refractivity contribution in [2.24, 2.45) is 0 Å². The Morgan fingerprint density at radius 3 is 2.04 bits per heavy atom. The standard InChI is InChI=1S/C21H37N2O2/c1-4-5-6-7-8-9-10-11-12-13-17-23(2,3)19-20-15-14-16-21(18-20)22(24)25/h14-16,18H,4-13,17,19H2,1-3H3/q+1. The average Bonchev–Trinajstić information content (AvgIpc) is 2.56. The molecular weight excluding hydrogens is 312 g/mol. The molecule has 0 radical (unpaired) electrons. The van der Waals surface area contributed by atoms with Crippen LogP contribution in [0.3, 0.4) is 0 Å². The minimum atomic E-state index is -0.314. The Morgan fingerprint density at radius 2 is 1.48 bits per heavy atom. The van der Waals surface area contributed by atoms with Crippen LogP contribution in [-0.2, 0) is 6.54 Å². The number of nitro groups is 1. The van der Waals surface area contributed by atoms with Crippen molar-refractivity contribution < 1.29 is 9.41 Å². The van der Waals surface area contributed by atoms with Crippen LogP contribution < -0.4 is 0 Å². The van der Waals surface area contributed by atoms with E-state index in [-0.39, 0.29) is 10.6 Å². The SMILES string of the molecule is CCCCCCCCCCCC[N+](C)(C)Cc1cccc([N+](=O)[O-])c1. The summed E-state index contributed by atoms with van der Waals surface area (Å²) in [5.74, 6) is 0. The summed E-state index contributed by atoms with van der Waals surface area (Å²) in [5, 5.41) is 10.9. The van der Waals surface area contributed by atoms with Gasteiger partial charge in [-0.2, -0.15) is 0 Å². The minimum absolute atomic E-state index is 0.191. The van der Waals surface area contributed by atoms with Gasteiger partial charge in [0.25, 0.3) is 5.69 Å². The number of hydrogen-bond acceptors (Lipinski definition) is 2. The molecule has 0 heterocycles. The second-order valence-corrected chi connectivity index (χ2v) is 7.93. The first-order chi connectivity index (χ1) is 11.9. The maximum atomic E-state index is 10.9. The topological polar surface area (TPSA) is 43.1 Å². The Kier molecular flexibility index (Phi) is 10.4. The van der Waals surface area contributed by atoms with Gasteiger partial charge in [0.05, 0.1) is 25.6 Å². The average molecular weight is 350 g/mol. The summed E-state index contributed by atoms with van der Waals surface area (Å²) >= 11 is 0. The van der Waals surface area contributed by atoms with Gasteiger partial charge >= 0.3 is 0 Å². The van der Waals surface area contributed by atoms with Crippen molar-refractivity contribution in [3.8, 4) is 0 Å². The van der Waals surface area contributed by atoms with Crippen LogP contribution in [0.5, 0.6) is 0 Å². The first-order valence-electron chi connectivity index (χ1n) is 10.00. The fraction of sp³-hybridized carbons (Fsp3) is 0.714. The predicted octanol–water partition coefficient (Wildman–Crippen LogP) is 6.09. The first-order valence-corrected chi connectivity index (χ1v) is 10.00. The van der Waals surface area contributed by atoms with Crippen LogP contribution >= 0.6 is 0 Å². The van der Waals surface area contributed by atoms with Crippen LogP contribution in [-0.4, -0.2) is 30.0 Å². The number of hydrogen-bond donors (Lipinski definition) is 0. The molecule has 0 atom stereocenters. The van der Waals surface area contributed by atoms with Gasteiger partial charge in [-0.05, 0) is 12.8 Å². The molecule has 0 bridgehead atoms. The van der Waals surface area contributed by atoms with E-state index < -0.39 is 0 Å². The summed E-state index contributed by atoms with van der Waals surface area (Å²) in [4.78, 5) is 10.6. The fourth-order valence-electron chi connectivity index (χ4n) is 3.37. The van der Waals surface area contributed by atoms with E-state index in [9.17, 15) is 10.1 Å². The highest BCUT2D eigenvalue weighted by Gasteiger charge is 2.17. The van der Waals surface area contributed by atoms with Crippen molar-refractivity contribution >= 4 is 5.69 Å². The molecule has 0 amide bonds. The quantitative estimate of drug-likeness (QED) is 0.176. The first kappa shape index (κ1) is 21.6. The van der Waals surface area contributed by atoms with Crippen LogP contribution in [0.4, 0.5) is 5.69 Å². The molecule has 0 aromatic heterocycles. The molecule has 0 aliphatic heterocycles. The van der Waals surface area contributed by atoms with Crippen molar-refractivity contribution in [3.05, 3.63) is 39.9 Å². The monoisotopic (exact) mass is 349 g/mol. The van der Waals surface area contributed by atoms with Gasteiger partial charge in [-0.1, -0.05) is 70.4 Å². The van der Waals surface area contributed by atoms with E-state index in [1.54, 1.807) is 18.2 Å². The zero-order chi connectivity index (χ0) is 18.5. The number of non-ortho nitro benzene ring substituents is 1. The zero-order valence-corrected chi connectivity index (χ0v) is 16.5. The number of quaternary nitrogens is 1. The maximum Gasteiger partial charge on any atom is 0.269 e. The number of nitrogens with zero attached hydrogens (tertiary/aromatic N) is 2. The molecule has 0 aliphatic rings. The number of unbranched alkanes of at least 4 members (excludes halogenated alkanes) is 9. The van der Waals surface area contributed by atoms with Gasteiger partial charge in [-0.15, -0.1) is 0 Å². The fourth-order valence-corrected chi connectivity index (χ4v) is 3.37. The lowest BCUT2D eigenvalue weighted by Crippen LogP contribution is -2.39. The second kappa shape index (κ2) is 12.0. The molecule has 0 unspecified atom stereocenters. The van der Waals surface area contributed by atoms with Crippen molar-refractivity contribution in [3.63, 3.8) is 0 Å². The van der Waals surface area contributed by atoms with E-state index in [0.717, 1.165) is 23.1 Å². The Balaban J connectivity index is 2.17. The largest absolute Gasteiger partial charge is 0.325 e. The summed E-state index contributed by atoms with van der Waals surface area (Å²) in [7, 11) is 4.43. The summed E-state index contributed by atoms with van der Waals surface area (Å²) in [6.45, 7) is 4.23. The molecule has 4 nitrogen and oxygen atoms in total. The lowest BCUT2D eigenvalue weighted by molar-refractivity contribution is -0.903. The third-order valence-electron chi connectivity index (χ3n) is 4.85. The van der Waals surface area contributed by atoms with E-state index in [2.05, 4.69) is 21.0 Å². The normalized spacial score (nSPS) is 11.6. The molecule has 0 spiro atoms. The molecule has 25 heavy (non-hydrogen) atoms. The summed E-state index contributed by atoms with van der Waals surface area (Å²) in [5.41, 5.74) is 1.24. The molecule has 0 N–H and O–H groups in total. The van der Waals surface area contributed by atoms with E-state index >= 15 is 0 Å². The molecular formula is C21H37N2O2+. The zero-order valence-electron chi connectivity index (χ0n) is 16.5. The molecule has 4 heteroatoms. The lowest BCUT2D eigenvalue weighted by atomic mass is 10.1. The molecule has 142 valence electrons. The van der Waals surface area contributed by atoms with Gasteiger partial charge in [0, 0.05) is 17.7 Å². The predicted molar refractivity (Wildman–Crippen MR) is 106 cm³/mol. The maximum absolute atomic E-state index is 10.9. The van der Waals surface area contributed by atoms with Gasteiger partial charge in [-0.25, -0.2) is 0 Å². The summed E-state index contributed by atoms with van der Waals surface area (Å²) in [6.07, 6.45) is 13.5. The Morgan fingerprint density at radius 1 is 0.920 bits per heavy atom. The van der Waals surface area contributed by atoms with Crippen molar-refractivity contribution in [2.45, 2.75) is 77.7 Å². The molecule has 0 saturated heterocycles. The van der Waals surface area contributed by atoms with Crippen LogP contribution in [0.15, 0.2) is 24.3 Å². The summed E-state index contributed by atoms with van der Waals surface area (Å²) < 4.78 is 0.887. The third kappa shape index (κ3) is 10.2. The number of nitro benzene ring substituents is 1. The van der Waals surface area contributed by atoms with Gasteiger partial charge < -0.3 is 4.48 Å². The molecule has 0 aliphatic carbocycles. The Hall–Kier alpha value is -1.42. The van der Waals surface area contributed by atoms with E-state index in [4.69, 9.17) is 0 Å². The van der Waals surface area contributed by atoms with Gasteiger partial charge in [0.2, 0.25) is 0 Å². The van der Waals surface area contributed by atoms with E-state index in [0.29, 0.717) is 0 Å². The Bertz CT molecular complexity index is 500. The van der Waals surface area contributed by atoms with E-state index in [1.165, 1.54) is 64.2 Å². The van der Waals surface area contributed by atoms with Crippen LogP contribution in [0.25, 0.3) is 0 Å². The molecule has 0 saturated carbocycles. The van der Waals surface area contributed by atoms with Crippen molar-refractivity contribution in [2.75, 3.05) is 20.6 Å². The van der Waals surface area contributed by atoms with E-state index in [1.807, 2.05) is 6.07 Å². The highest BCUT2D eigenvalue weighted by Crippen LogP contribution is 2.18. The van der Waals surface area contributed by atoms with Gasteiger partial charge in [0.15, 0.2) is 0 Å². The van der Waals surface area contributed by atoms with Crippen LogP contribution in [0, 0.1) is 10.1 Å². The second-order valence-electron chi connectivity index (χ2n) is 7.93. The highest BCUT2D eigenvalue weighted by atomic mass is 16.6. The minimum Gasteiger partial charge on any atom is -0.325 e. The lowest BCUT2D eigenvalue weighted by Gasteiger charge is -2.30. The number of benzene rings is 1. The smallest absolute Gasteiger partial charge is 0.269 e. The van der Waals surface area contributed by atoms with Gasteiger partial charge in [-0.3, -0.25) is 10.1 Å². The molecule has 1 aromatic carbocycles. The highest BCUT2D eigenvalue weighted by molar-refractivity contribution is 5.33. The van der Waals surface area contributed by atoms with Crippen LogP contribution in [0.2, 0.25) is 0 Å². The summed E-state index contributed by atoms with van der Waals surface area (Å²) in [6, 6.07) is 7.05. The van der Waals surface area contributed by atoms with Crippen LogP contribution in [0.1, 0.15) is 76.7 Å². The van der Waals surface area contributed by atoms with Crippen molar-refractivity contribution in [1.82, 2.24) is 0 Å². The number of rotatable bonds is 14. The molecule has 0 fully saturated rings. The molecule has 1 aromatic rings.